The third-order valence-electron chi connectivity index (χ3n) is 4.55. The number of likely N-dealkylation sites (tertiary alicyclic amines) is 1. The van der Waals surface area contributed by atoms with Crippen molar-refractivity contribution in [2.45, 2.75) is 58.2 Å². The van der Waals surface area contributed by atoms with Crippen LogP contribution in [0.1, 0.15) is 45.6 Å². The summed E-state index contributed by atoms with van der Waals surface area (Å²) in [5.41, 5.74) is -0.274. The summed E-state index contributed by atoms with van der Waals surface area (Å²) in [5.74, 6) is -0.674. The van der Waals surface area contributed by atoms with Gasteiger partial charge in [0.25, 0.3) is 0 Å². The van der Waals surface area contributed by atoms with Crippen molar-refractivity contribution in [1.29, 1.82) is 0 Å². The second kappa shape index (κ2) is 6.87. The molecule has 126 valence electrons. The molecule has 1 aromatic carbocycles. The average molecular weight is 341 g/mol. The van der Waals surface area contributed by atoms with Gasteiger partial charge in [0.2, 0.25) is 11.8 Å². The van der Waals surface area contributed by atoms with Crippen molar-refractivity contribution < 1.29 is 14.0 Å². The Morgan fingerprint density at radius 1 is 1.52 bits per heavy atom. The molecule has 23 heavy (non-hydrogen) atoms. The van der Waals surface area contributed by atoms with Gasteiger partial charge in [-0.3, -0.25) is 9.59 Å². The Morgan fingerprint density at radius 2 is 2.22 bits per heavy atom. The van der Waals surface area contributed by atoms with Crippen molar-refractivity contribution in [3.63, 3.8) is 0 Å². The number of benzene rings is 1. The summed E-state index contributed by atoms with van der Waals surface area (Å²) >= 11 is 6.06. The second-order valence-corrected chi connectivity index (χ2v) is 6.68. The summed E-state index contributed by atoms with van der Waals surface area (Å²) in [6.45, 7) is 5.89. The highest BCUT2D eigenvalue weighted by Crippen LogP contribution is 2.33. The van der Waals surface area contributed by atoms with Crippen LogP contribution in [0.3, 0.4) is 0 Å². The number of halogens is 2. The van der Waals surface area contributed by atoms with Gasteiger partial charge in [0.15, 0.2) is 0 Å². The molecule has 0 bridgehead atoms. The predicted molar refractivity (Wildman–Crippen MR) is 87.5 cm³/mol. The molecule has 2 unspecified atom stereocenters. The Bertz CT molecular complexity index is 623. The third-order valence-corrected chi connectivity index (χ3v) is 4.90. The van der Waals surface area contributed by atoms with E-state index in [0.717, 1.165) is 6.42 Å². The fourth-order valence-corrected chi connectivity index (χ4v) is 2.92. The van der Waals surface area contributed by atoms with Crippen LogP contribution in [-0.4, -0.2) is 28.3 Å². The van der Waals surface area contributed by atoms with E-state index in [9.17, 15) is 14.0 Å². The predicted octanol–water partition coefficient (Wildman–Crippen LogP) is 3.27. The molecule has 0 radical (unpaired) electrons. The number of carbonyl (C=O) groups excluding carboxylic acids is 2. The normalized spacial score (nSPS) is 22.3. The van der Waals surface area contributed by atoms with Gasteiger partial charge in [-0.25, -0.2) is 4.39 Å². The van der Waals surface area contributed by atoms with E-state index in [-0.39, 0.29) is 29.4 Å². The van der Waals surface area contributed by atoms with Crippen molar-refractivity contribution in [3.05, 3.63) is 34.6 Å². The van der Waals surface area contributed by atoms with Crippen molar-refractivity contribution in [1.82, 2.24) is 10.2 Å². The lowest BCUT2D eigenvalue weighted by atomic mass is 9.96. The first-order valence-electron chi connectivity index (χ1n) is 7.83. The number of hydrogen-bond acceptors (Lipinski definition) is 2. The molecule has 0 aliphatic carbocycles. The van der Waals surface area contributed by atoms with E-state index in [1.165, 1.54) is 12.1 Å². The smallest absolute Gasteiger partial charge is 0.245 e. The first kappa shape index (κ1) is 17.7. The maximum Gasteiger partial charge on any atom is 0.245 e. The number of nitrogens with one attached hydrogen (secondary N) is 1. The summed E-state index contributed by atoms with van der Waals surface area (Å²) in [6, 6.07) is 4.12. The van der Waals surface area contributed by atoms with Gasteiger partial charge in [-0.1, -0.05) is 24.6 Å². The average Bonchev–Trinajstić information content (AvgIpc) is 2.79. The molecule has 6 heteroatoms. The van der Waals surface area contributed by atoms with Crippen molar-refractivity contribution >= 4 is 23.4 Å². The largest absolute Gasteiger partial charge is 0.352 e. The molecule has 0 spiro atoms. The number of amides is 2. The summed E-state index contributed by atoms with van der Waals surface area (Å²) in [5, 5.41) is 3.20. The molecule has 1 aliphatic rings. The number of rotatable bonds is 5. The van der Waals surface area contributed by atoms with Crippen LogP contribution in [-0.2, 0) is 16.1 Å². The van der Waals surface area contributed by atoms with E-state index in [0.29, 0.717) is 18.4 Å². The van der Waals surface area contributed by atoms with Crippen molar-refractivity contribution in [2.75, 3.05) is 0 Å². The molecule has 2 atom stereocenters. The lowest BCUT2D eigenvalue weighted by molar-refractivity contribution is -0.141. The molecule has 2 rings (SSSR count). The van der Waals surface area contributed by atoms with Gasteiger partial charge < -0.3 is 10.2 Å². The van der Waals surface area contributed by atoms with E-state index in [1.54, 1.807) is 17.9 Å². The summed E-state index contributed by atoms with van der Waals surface area (Å²) < 4.78 is 13.2. The lowest BCUT2D eigenvalue weighted by Crippen LogP contribution is -2.55. The minimum atomic E-state index is -0.905. The Morgan fingerprint density at radius 3 is 2.83 bits per heavy atom. The second-order valence-electron chi connectivity index (χ2n) is 6.27. The van der Waals surface area contributed by atoms with Gasteiger partial charge in [0.1, 0.15) is 11.4 Å². The summed E-state index contributed by atoms with van der Waals surface area (Å²) in [7, 11) is 0. The van der Waals surface area contributed by atoms with Crippen LogP contribution in [0.25, 0.3) is 0 Å². The van der Waals surface area contributed by atoms with Gasteiger partial charge in [0.05, 0.1) is 0 Å². The van der Waals surface area contributed by atoms with Crippen LogP contribution in [0, 0.1) is 5.82 Å². The minimum Gasteiger partial charge on any atom is -0.352 e. The quantitative estimate of drug-likeness (QED) is 0.894. The topological polar surface area (TPSA) is 49.4 Å². The fourth-order valence-electron chi connectivity index (χ4n) is 2.70. The molecule has 0 saturated carbocycles. The molecule has 4 nitrogen and oxygen atoms in total. The SMILES string of the molecule is CCC(C)NC(=O)C1(C)CCC(=O)N1Cc1ccc(F)cc1Cl. The van der Waals surface area contributed by atoms with Gasteiger partial charge in [-0.2, -0.15) is 0 Å². The van der Waals surface area contributed by atoms with Gasteiger partial charge >= 0.3 is 0 Å². The molecule has 1 fully saturated rings. The van der Waals surface area contributed by atoms with Crippen LogP contribution < -0.4 is 5.32 Å². The first-order valence-corrected chi connectivity index (χ1v) is 8.21. The zero-order valence-electron chi connectivity index (χ0n) is 13.7. The monoisotopic (exact) mass is 340 g/mol. The molecule has 0 aromatic heterocycles. The highest BCUT2D eigenvalue weighted by Gasteiger charge is 2.47. The van der Waals surface area contributed by atoms with E-state index in [2.05, 4.69) is 5.32 Å². The standard InChI is InChI=1S/C17H22ClFN2O2/c1-4-11(2)20-16(23)17(3)8-7-15(22)21(17)10-12-5-6-13(19)9-14(12)18/h5-6,9,11H,4,7-8,10H2,1-3H3,(H,20,23). The maximum absolute atomic E-state index is 13.2. The van der Waals surface area contributed by atoms with Crippen LogP contribution in [0.4, 0.5) is 4.39 Å². The first-order chi connectivity index (χ1) is 10.8. The third kappa shape index (κ3) is 3.66. The molecule has 1 heterocycles. The lowest BCUT2D eigenvalue weighted by Gasteiger charge is -2.35. The molecule has 1 aromatic rings. The van der Waals surface area contributed by atoms with Crippen LogP contribution in [0.5, 0.6) is 0 Å². The summed E-state index contributed by atoms with van der Waals surface area (Å²) in [4.78, 5) is 26.4. The van der Waals surface area contributed by atoms with E-state index < -0.39 is 11.4 Å². The van der Waals surface area contributed by atoms with Crippen molar-refractivity contribution in [3.8, 4) is 0 Å². The Balaban J connectivity index is 2.23. The molecule has 1 N–H and O–H groups in total. The van der Waals surface area contributed by atoms with E-state index >= 15 is 0 Å². The number of carbonyl (C=O) groups is 2. The van der Waals surface area contributed by atoms with Gasteiger partial charge in [0, 0.05) is 24.0 Å². The molecular weight excluding hydrogens is 319 g/mol. The van der Waals surface area contributed by atoms with Crippen LogP contribution in [0.2, 0.25) is 5.02 Å². The Kier molecular flexibility index (Phi) is 5.30. The molecule has 2 amide bonds. The zero-order valence-corrected chi connectivity index (χ0v) is 14.4. The van der Waals surface area contributed by atoms with E-state index in [1.807, 2.05) is 13.8 Å². The van der Waals surface area contributed by atoms with E-state index in [4.69, 9.17) is 11.6 Å². The highest BCUT2D eigenvalue weighted by atomic mass is 35.5. The fraction of sp³-hybridized carbons (Fsp3) is 0.529. The number of hydrogen-bond donors (Lipinski definition) is 1. The summed E-state index contributed by atoms with van der Waals surface area (Å²) in [6.07, 6.45) is 1.61. The maximum atomic E-state index is 13.2. The van der Waals surface area contributed by atoms with Gasteiger partial charge in [-0.15, -0.1) is 0 Å². The Labute approximate surface area is 141 Å². The van der Waals surface area contributed by atoms with Crippen molar-refractivity contribution in [2.24, 2.45) is 0 Å². The van der Waals surface area contributed by atoms with Crippen LogP contribution >= 0.6 is 11.6 Å². The van der Waals surface area contributed by atoms with Crippen LogP contribution in [0.15, 0.2) is 18.2 Å². The number of nitrogens with zero attached hydrogens (tertiary/aromatic N) is 1. The minimum absolute atomic E-state index is 0.0475. The molecule has 1 aliphatic heterocycles. The Hall–Kier alpha value is -1.62. The molecular formula is C17H22ClFN2O2. The zero-order chi connectivity index (χ0) is 17.2. The molecule has 1 saturated heterocycles. The highest BCUT2D eigenvalue weighted by molar-refractivity contribution is 6.31. The van der Waals surface area contributed by atoms with Gasteiger partial charge in [-0.05, 0) is 44.4 Å².